The van der Waals surface area contributed by atoms with Gasteiger partial charge in [-0.1, -0.05) is 6.07 Å². The first-order valence-electron chi connectivity index (χ1n) is 5.12. The molecule has 0 aromatic carbocycles. The highest BCUT2D eigenvalue weighted by atomic mass is 19.1. The topological polar surface area (TPSA) is 53.4 Å². The number of rotatable bonds is 1. The highest BCUT2D eigenvalue weighted by molar-refractivity contribution is 5.92. The predicted molar refractivity (Wildman–Crippen MR) is 55.3 cm³/mol. The minimum atomic E-state index is -0.844. The summed E-state index contributed by atoms with van der Waals surface area (Å²) in [6.45, 7) is 2.42. The molecule has 0 bridgehead atoms. The fourth-order valence-electron chi connectivity index (χ4n) is 1.81. The predicted octanol–water partition coefficient (Wildman–Crippen LogP) is 0.818. The molecule has 1 unspecified atom stereocenters. The summed E-state index contributed by atoms with van der Waals surface area (Å²) < 4.78 is 12.8. The summed E-state index contributed by atoms with van der Waals surface area (Å²) in [5.74, 6) is -1.01. The third-order valence-corrected chi connectivity index (χ3v) is 2.67. The number of pyridine rings is 1. The summed E-state index contributed by atoms with van der Waals surface area (Å²) in [5.41, 5.74) is -0.763. The van der Waals surface area contributed by atoms with Crippen molar-refractivity contribution in [3.05, 3.63) is 29.8 Å². The molecular weight excluding hydrogens is 211 g/mol. The molecule has 1 atom stereocenters. The van der Waals surface area contributed by atoms with Gasteiger partial charge in [-0.3, -0.25) is 4.79 Å². The van der Waals surface area contributed by atoms with E-state index in [4.69, 9.17) is 0 Å². The Balaban J connectivity index is 2.15. The molecule has 2 rings (SSSR count). The van der Waals surface area contributed by atoms with E-state index in [0.717, 1.165) is 0 Å². The smallest absolute Gasteiger partial charge is 0.272 e. The normalized spacial score (nSPS) is 24.8. The van der Waals surface area contributed by atoms with E-state index in [-0.39, 0.29) is 18.1 Å². The van der Waals surface area contributed by atoms with E-state index >= 15 is 0 Å². The van der Waals surface area contributed by atoms with Gasteiger partial charge in [-0.2, -0.15) is 4.39 Å². The van der Waals surface area contributed by atoms with Crippen LogP contribution in [0.1, 0.15) is 23.8 Å². The lowest BCUT2D eigenvalue weighted by molar-refractivity contribution is 0.0568. The third-order valence-electron chi connectivity index (χ3n) is 2.67. The van der Waals surface area contributed by atoms with E-state index in [2.05, 4.69) is 4.98 Å². The Morgan fingerprint density at radius 2 is 2.38 bits per heavy atom. The summed E-state index contributed by atoms with van der Waals surface area (Å²) >= 11 is 0. The molecular formula is C11H13FN2O2. The van der Waals surface area contributed by atoms with E-state index in [1.54, 1.807) is 6.92 Å². The molecule has 86 valence electrons. The van der Waals surface area contributed by atoms with Crippen LogP contribution < -0.4 is 0 Å². The Morgan fingerprint density at radius 1 is 1.62 bits per heavy atom. The van der Waals surface area contributed by atoms with Crippen LogP contribution in [-0.4, -0.2) is 39.6 Å². The first-order valence-corrected chi connectivity index (χ1v) is 5.12. The number of hydrogen-bond acceptors (Lipinski definition) is 3. The van der Waals surface area contributed by atoms with Crippen LogP contribution in [0, 0.1) is 5.95 Å². The SMILES string of the molecule is CC1(O)CCN(C(=O)c2cccc(F)n2)C1. The van der Waals surface area contributed by atoms with Gasteiger partial charge in [-0.05, 0) is 25.5 Å². The van der Waals surface area contributed by atoms with E-state index < -0.39 is 11.5 Å². The Morgan fingerprint density at radius 3 is 2.94 bits per heavy atom. The number of nitrogens with zero attached hydrogens (tertiary/aromatic N) is 2. The van der Waals surface area contributed by atoms with Crippen LogP contribution in [0.2, 0.25) is 0 Å². The summed E-state index contributed by atoms with van der Waals surface area (Å²) in [5, 5.41) is 9.73. The fraction of sp³-hybridized carbons (Fsp3) is 0.455. The van der Waals surface area contributed by atoms with Crippen molar-refractivity contribution in [1.29, 1.82) is 0 Å². The maximum atomic E-state index is 12.8. The fourth-order valence-corrected chi connectivity index (χ4v) is 1.81. The number of carbonyl (C=O) groups excluding carboxylic acids is 1. The highest BCUT2D eigenvalue weighted by Gasteiger charge is 2.34. The van der Waals surface area contributed by atoms with Crippen molar-refractivity contribution in [2.45, 2.75) is 18.9 Å². The lowest BCUT2D eigenvalue weighted by Gasteiger charge is -2.18. The van der Waals surface area contributed by atoms with Crippen LogP contribution in [0.15, 0.2) is 18.2 Å². The molecule has 1 N–H and O–H groups in total. The Labute approximate surface area is 92.7 Å². The molecule has 1 saturated heterocycles. The molecule has 16 heavy (non-hydrogen) atoms. The molecule has 1 aliphatic heterocycles. The second-order valence-corrected chi connectivity index (χ2v) is 4.32. The zero-order chi connectivity index (χ0) is 11.8. The van der Waals surface area contributed by atoms with Crippen LogP contribution >= 0.6 is 0 Å². The Kier molecular flexibility index (Phi) is 2.63. The third kappa shape index (κ3) is 2.19. The maximum absolute atomic E-state index is 12.8. The first-order chi connectivity index (χ1) is 7.48. The van der Waals surface area contributed by atoms with Crippen molar-refractivity contribution in [1.82, 2.24) is 9.88 Å². The van der Waals surface area contributed by atoms with Gasteiger partial charge in [-0.25, -0.2) is 4.98 Å². The number of amides is 1. The minimum Gasteiger partial charge on any atom is -0.388 e. The van der Waals surface area contributed by atoms with Gasteiger partial charge in [0.1, 0.15) is 5.69 Å². The molecule has 0 radical (unpaired) electrons. The number of likely N-dealkylation sites (tertiary alicyclic amines) is 1. The zero-order valence-electron chi connectivity index (χ0n) is 8.98. The van der Waals surface area contributed by atoms with Gasteiger partial charge in [0.2, 0.25) is 5.95 Å². The second kappa shape index (κ2) is 3.83. The van der Waals surface area contributed by atoms with E-state index in [9.17, 15) is 14.3 Å². The largest absolute Gasteiger partial charge is 0.388 e. The van der Waals surface area contributed by atoms with Crippen LogP contribution in [-0.2, 0) is 0 Å². The average molecular weight is 224 g/mol. The van der Waals surface area contributed by atoms with Crippen molar-refractivity contribution < 1.29 is 14.3 Å². The molecule has 1 amide bonds. The molecule has 0 aliphatic carbocycles. The molecule has 1 aromatic heterocycles. The van der Waals surface area contributed by atoms with E-state index in [1.165, 1.54) is 23.1 Å². The summed E-state index contributed by atoms with van der Waals surface area (Å²) in [6, 6.07) is 4.11. The van der Waals surface area contributed by atoms with Gasteiger partial charge in [0.05, 0.1) is 5.60 Å². The number of hydrogen-bond donors (Lipinski definition) is 1. The van der Waals surface area contributed by atoms with Crippen LogP contribution in [0.4, 0.5) is 4.39 Å². The molecule has 0 spiro atoms. The second-order valence-electron chi connectivity index (χ2n) is 4.32. The van der Waals surface area contributed by atoms with E-state index in [0.29, 0.717) is 13.0 Å². The zero-order valence-corrected chi connectivity index (χ0v) is 8.98. The highest BCUT2D eigenvalue weighted by Crippen LogP contribution is 2.21. The van der Waals surface area contributed by atoms with Gasteiger partial charge < -0.3 is 10.0 Å². The summed E-state index contributed by atoms with van der Waals surface area (Å²) in [7, 11) is 0. The van der Waals surface area contributed by atoms with Gasteiger partial charge in [0.25, 0.3) is 5.91 Å². The molecule has 5 heteroatoms. The summed E-state index contributed by atoms with van der Waals surface area (Å²) in [6.07, 6.45) is 0.536. The van der Waals surface area contributed by atoms with Crippen LogP contribution in [0.3, 0.4) is 0 Å². The van der Waals surface area contributed by atoms with Crippen molar-refractivity contribution >= 4 is 5.91 Å². The molecule has 4 nitrogen and oxygen atoms in total. The number of carbonyl (C=O) groups is 1. The Hall–Kier alpha value is -1.49. The first kappa shape index (κ1) is 11.0. The van der Waals surface area contributed by atoms with Crippen molar-refractivity contribution in [2.75, 3.05) is 13.1 Å². The maximum Gasteiger partial charge on any atom is 0.272 e. The molecule has 1 aromatic rings. The van der Waals surface area contributed by atoms with Crippen molar-refractivity contribution in [3.8, 4) is 0 Å². The van der Waals surface area contributed by atoms with Crippen molar-refractivity contribution in [2.24, 2.45) is 0 Å². The lowest BCUT2D eigenvalue weighted by Crippen LogP contribution is -2.34. The minimum absolute atomic E-state index is 0.0812. The van der Waals surface area contributed by atoms with Crippen molar-refractivity contribution in [3.63, 3.8) is 0 Å². The number of aromatic nitrogens is 1. The van der Waals surface area contributed by atoms with Gasteiger partial charge in [-0.15, -0.1) is 0 Å². The van der Waals surface area contributed by atoms with Crippen LogP contribution in [0.25, 0.3) is 0 Å². The van der Waals surface area contributed by atoms with E-state index in [1.807, 2.05) is 0 Å². The lowest BCUT2D eigenvalue weighted by atomic mass is 10.1. The molecule has 0 saturated carbocycles. The number of aliphatic hydroxyl groups is 1. The monoisotopic (exact) mass is 224 g/mol. The van der Waals surface area contributed by atoms with Gasteiger partial charge in [0.15, 0.2) is 0 Å². The van der Waals surface area contributed by atoms with Gasteiger partial charge in [0, 0.05) is 13.1 Å². The average Bonchev–Trinajstić information content (AvgIpc) is 2.58. The van der Waals surface area contributed by atoms with Gasteiger partial charge >= 0.3 is 0 Å². The summed E-state index contributed by atoms with van der Waals surface area (Å²) in [4.78, 5) is 16.9. The quantitative estimate of drug-likeness (QED) is 0.718. The number of β-amino-alcohol motifs (C(OH)–C–C–N with tert-alkyl or cyclic N) is 1. The van der Waals surface area contributed by atoms with Crippen LogP contribution in [0.5, 0.6) is 0 Å². The molecule has 1 fully saturated rings. The standard InChI is InChI=1S/C11H13FN2O2/c1-11(16)5-6-14(7-11)10(15)8-3-2-4-9(12)13-8/h2-4,16H,5-7H2,1H3. The number of halogens is 1. The Bertz CT molecular complexity index is 420. The molecule has 1 aliphatic rings. The molecule has 2 heterocycles.